The van der Waals surface area contributed by atoms with E-state index in [4.69, 9.17) is 4.74 Å². The molecule has 1 atom stereocenters. The summed E-state index contributed by atoms with van der Waals surface area (Å²) < 4.78 is 41.2. The fourth-order valence-corrected chi connectivity index (χ4v) is 3.83. The Hall–Kier alpha value is -2.11. The van der Waals surface area contributed by atoms with Crippen molar-refractivity contribution in [2.45, 2.75) is 9.79 Å². The molecule has 2 aromatic carbocycles. The topological polar surface area (TPSA) is 121 Å². The SMILES string of the molecule is CS(=O)(=O)c1ccc([S@@](=O)CC(=O)Oc2ccc(Br)cc2)c([N+](=O)[O-])c1. The lowest BCUT2D eigenvalue weighted by molar-refractivity contribution is -0.388. The molecule has 0 amide bonds. The molecule has 11 heteroatoms. The van der Waals surface area contributed by atoms with Crippen LogP contribution in [-0.4, -0.2) is 35.5 Å². The van der Waals surface area contributed by atoms with Gasteiger partial charge in [-0.15, -0.1) is 0 Å². The van der Waals surface area contributed by atoms with E-state index in [1.165, 1.54) is 12.1 Å². The van der Waals surface area contributed by atoms with Gasteiger partial charge in [0.25, 0.3) is 5.69 Å². The lowest BCUT2D eigenvalue weighted by atomic mass is 10.3. The summed E-state index contributed by atoms with van der Waals surface area (Å²) in [6.45, 7) is 0. The van der Waals surface area contributed by atoms with Gasteiger partial charge in [0.2, 0.25) is 0 Å². The molecule has 8 nitrogen and oxygen atoms in total. The maximum atomic E-state index is 12.3. The zero-order valence-corrected chi connectivity index (χ0v) is 16.5. The van der Waals surface area contributed by atoms with Crippen LogP contribution in [0.5, 0.6) is 5.75 Å². The molecule has 0 radical (unpaired) electrons. The number of rotatable bonds is 6. The van der Waals surface area contributed by atoms with E-state index in [2.05, 4.69) is 15.9 Å². The first-order valence-corrected chi connectivity index (χ1v) is 10.9. The van der Waals surface area contributed by atoms with Crippen molar-refractivity contribution in [2.75, 3.05) is 12.0 Å². The van der Waals surface area contributed by atoms with Crippen LogP contribution in [0.1, 0.15) is 0 Å². The van der Waals surface area contributed by atoms with Gasteiger partial charge in [-0.2, -0.15) is 0 Å². The van der Waals surface area contributed by atoms with Crippen molar-refractivity contribution in [3.8, 4) is 5.75 Å². The van der Waals surface area contributed by atoms with Gasteiger partial charge in [0.15, 0.2) is 9.84 Å². The molecule has 0 N–H and O–H groups in total. The molecule has 0 heterocycles. The number of sulfone groups is 1. The minimum atomic E-state index is -3.67. The molecular formula is C15H12BrNO7S2. The molecule has 0 aromatic heterocycles. The first-order valence-electron chi connectivity index (χ1n) is 6.91. The second kappa shape index (κ2) is 8.06. The van der Waals surface area contributed by atoms with Gasteiger partial charge < -0.3 is 4.74 Å². The minimum absolute atomic E-state index is 0.233. The molecule has 2 aromatic rings. The molecule has 0 aliphatic rings. The summed E-state index contributed by atoms with van der Waals surface area (Å²) in [7, 11) is -5.75. The number of carbonyl (C=O) groups is 1. The quantitative estimate of drug-likeness (QED) is 0.280. The van der Waals surface area contributed by atoms with Gasteiger partial charge in [-0.05, 0) is 36.4 Å². The summed E-state index contributed by atoms with van der Waals surface area (Å²) in [5, 5.41) is 11.2. The highest BCUT2D eigenvalue weighted by Gasteiger charge is 2.24. The molecule has 0 unspecified atom stereocenters. The molecule has 2 rings (SSSR count). The van der Waals surface area contributed by atoms with Gasteiger partial charge in [-0.25, -0.2) is 8.42 Å². The zero-order chi connectivity index (χ0) is 19.5. The van der Waals surface area contributed by atoms with Crippen LogP contribution < -0.4 is 4.74 Å². The monoisotopic (exact) mass is 461 g/mol. The summed E-state index contributed by atoms with van der Waals surface area (Å²) in [6.07, 6.45) is 0.901. The molecular weight excluding hydrogens is 450 g/mol. The lowest BCUT2D eigenvalue weighted by Crippen LogP contribution is -2.17. The summed E-state index contributed by atoms with van der Waals surface area (Å²) in [5.41, 5.74) is -0.636. The molecule has 0 aliphatic heterocycles. The largest absolute Gasteiger partial charge is 0.426 e. The van der Waals surface area contributed by atoms with Crippen LogP contribution in [0, 0.1) is 10.1 Å². The fraction of sp³-hybridized carbons (Fsp3) is 0.133. The standard InChI is InChI=1S/C15H12BrNO7S2/c1-26(22,23)12-6-7-14(13(8-12)17(19)20)25(21)9-15(18)24-11-4-2-10(16)3-5-11/h2-8H,9H2,1H3/t25-/m0/s1. The Bertz CT molecular complexity index is 988. The highest BCUT2D eigenvalue weighted by molar-refractivity contribution is 9.10. The first-order chi connectivity index (χ1) is 12.1. The number of nitro groups is 1. The molecule has 26 heavy (non-hydrogen) atoms. The van der Waals surface area contributed by atoms with Crippen LogP contribution in [0.3, 0.4) is 0 Å². The third-order valence-corrected chi connectivity index (χ3v) is 6.07. The summed E-state index contributed by atoms with van der Waals surface area (Å²) >= 11 is 3.23. The third-order valence-electron chi connectivity index (χ3n) is 3.09. The van der Waals surface area contributed by atoms with Gasteiger partial charge >= 0.3 is 5.97 Å². The predicted octanol–water partition coefficient (Wildman–Crippen LogP) is 2.47. The third kappa shape index (κ3) is 5.19. The van der Waals surface area contributed by atoms with E-state index >= 15 is 0 Å². The van der Waals surface area contributed by atoms with Gasteiger partial charge in [-0.1, -0.05) is 15.9 Å². The first kappa shape index (κ1) is 20.2. The van der Waals surface area contributed by atoms with Crippen molar-refractivity contribution in [3.05, 3.63) is 57.1 Å². The molecule has 0 bridgehead atoms. The van der Waals surface area contributed by atoms with Crippen molar-refractivity contribution in [2.24, 2.45) is 0 Å². The number of ether oxygens (including phenoxy) is 1. The minimum Gasteiger partial charge on any atom is -0.426 e. The van der Waals surface area contributed by atoms with E-state index < -0.39 is 43.0 Å². The summed E-state index contributed by atoms with van der Waals surface area (Å²) in [5.74, 6) is -1.22. The molecule has 138 valence electrons. The van der Waals surface area contributed by atoms with Crippen LogP contribution in [0.4, 0.5) is 5.69 Å². The Morgan fingerprint density at radius 2 is 1.85 bits per heavy atom. The van der Waals surface area contributed by atoms with E-state index in [0.29, 0.717) is 0 Å². The number of esters is 1. The second-order valence-electron chi connectivity index (χ2n) is 5.08. The number of nitrogens with zero attached hydrogens (tertiary/aromatic N) is 1. The smallest absolute Gasteiger partial charge is 0.324 e. The van der Waals surface area contributed by atoms with E-state index in [-0.39, 0.29) is 15.5 Å². The van der Waals surface area contributed by atoms with Crippen molar-refractivity contribution in [1.82, 2.24) is 0 Å². The molecule has 0 saturated carbocycles. The average molecular weight is 462 g/mol. The van der Waals surface area contributed by atoms with Crippen molar-refractivity contribution < 1.29 is 27.1 Å². The van der Waals surface area contributed by atoms with E-state index in [9.17, 15) is 27.5 Å². The number of benzene rings is 2. The number of hydrogen-bond acceptors (Lipinski definition) is 7. The number of nitro benzene ring substituents is 1. The maximum Gasteiger partial charge on any atom is 0.324 e. The van der Waals surface area contributed by atoms with E-state index in [1.54, 1.807) is 12.1 Å². The fourth-order valence-electron chi connectivity index (χ4n) is 1.91. The van der Waals surface area contributed by atoms with Crippen LogP contribution in [0.2, 0.25) is 0 Å². The van der Waals surface area contributed by atoms with Crippen LogP contribution in [0.15, 0.2) is 56.7 Å². The van der Waals surface area contributed by atoms with Crippen molar-refractivity contribution >= 4 is 48.2 Å². The molecule has 0 fully saturated rings. The highest BCUT2D eigenvalue weighted by atomic mass is 79.9. The number of carbonyl (C=O) groups excluding carboxylic acids is 1. The Balaban J connectivity index is 2.21. The summed E-state index contributed by atoms with van der Waals surface area (Å²) in [6, 6.07) is 9.33. The van der Waals surface area contributed by atoms with Gasteiger partial charge in [-0.3, -0.25) is 19.1 Å². The Labute approximate surface area is 159 Å². The normalized spacial score (nSPS) is 12.4. The Morgan fingerprint density at radius 1 is 1.23 bits per heavy atom. The van der Waals surface area contributed by atoms with Crippen LogP contribution >= 0.6 is 15.9 Å². The molecule has 0 spiro atoms. The molecule has 0 aliphatic carbocycles. The summed E-state index contributed by atoms with van der Waals surface area (Å²) in [4.78, 5) is 21.7. The van der Waals surface area contributed by atoms with Crippen molar-refractivity contribution in [1.29, 1.82) is 0 Å². The number of hydrogen-bond donors (Lipinski definition) is 0. The van der Waals surface area contributed by atoms with Crippen LogP contribution in [0.25, 0.3) is 0 Å². The Kier molecular flexibility index (Phi) is 6.26. The van der Waals surface area contributed by atoms with Gasteiger partial charge in [0, 0.05) is 16.8 Å². The van der Waals surface area contributed by atoms with Gasteiger partial charge in [0.05, 0.1) is 20.6 Å². The predicted molar refractivity (Wildman–Crippen MR) is 97.3 cm³/mol. The Morgan fingerprint density at radius 3 is 2.38 bits per heavy atom. The van der Waals surface area contributed by atoms with Gasteiger partial charge in [0.1, 0.15) is 16.4 Å². The molecule has 0 saturated heterocycles. The van der Waals surface area contributed by atoms with E-state index in [1.807, 2.05) is 0 Å². The van der Waals surface area contributed by atoms with Crippen LogP contribution in [-0.2, 0) is 25.4 Å². The van der Waals surface area contributed by atoms with Crippen molar-refractivity contribution in [3.63, 3.8) is 0 Å². The highest BCUT2D eigenvalue weighted by Crippen LogP contribution is 2.26. The van der Waals surface area contributed by atoms with E-state index in [0.717, 1.165) is 28.9 Å². The maximum absolute atomic E-state index is 12.3. The number of halogens is 1. The second-order valence-corrected chi connectivity index (χ2v) is 9.43. The average Bonchev–Trinajstić information content (AvgIpc) is 2.55. The zero-order valence-electron chi connectivity index (χ0n) is 13.2. The lowest BCUT2D eigenvalue weighted by Gasteiger charge is -2.06.